The number of nitrogens with one attached hydrogen (secondary N) is 2. The zero-order valence-corrected chi connectivity index (χ0v) is 16.9. The van der Waals surface area contributed by atoms with E-state index in [0.29, 0.717) is 12.3 Å². The van der Waals surface area contributed by atoms with Crippen molar-refractivity contribution in [2.75, 3.05) is 5.32 Å². The third-order valence-corrected chi connectivity index (χ3v) is 6.58. The molecule has 3 aliphatic rings. The molecular formula is C24H30N2O2. The number of rotatable bonds is 3. The number of hydrogen-bond donors (Lipinski definition) is 2. The van der Waals surface area contributed by atoms with Gasteiger partial charge in [0.1, 0.15) is 0 Å². The molecule has 1 aromatic rings. The summed E-state index contributed by atoms with van der Waals surface area (Å²) in [5.74, 6) is 0.488. The number of hydrogen-bond acceptors (Lipinski definition) is 3. The quantitative estimate of drug-likeness (QED) is 0.777. The number of amides is 1. The number of anilines is 1. The number of allylic oxidation sites excluding steroid dienone is 3. The Hall–Kier alpha value is -2.36. The van der Waals surface area contributed by atoms with Crippen molar-refractivity contribution in [3.63, 3.8) is 0 Å². The Kier molecular flexibility index (Phi) is 5.38. The molecule has 1 atom stereocenters. The Bertz CT molecular complexity index is 859. The van der Waals surface area contributed by atoms with Gasteiger partial charge in [-0.25, -0.2) is 0 Å². The molecule has 2 N–H and O–H groups in total. The normalized spacial score (nSPS) is 23.4. The fourth-order valence-electron chi connectivity index (χ4n) is 5.18. The van der Waals surface area contributed by atoms with E-state index in [9.17, 15) is 9.59 Å². The number of carbonyl (C=O) groups excluding carboxylic acids is 2. The van der Waals surface area contributed by atoms with Crippen molar-refractivity contribution >= 4 is 17.4 Å². The van der Waals surface area contributed by atoms with Gasteiger partial charge < -0.3 is 10.6 Å². The maximum atomic E-state index is 13.4. The van der Waals surface area contributed by atoms with E-state index in [1.807, 2.05) is 38.1 Å². The first-order valence-electron chi connectivity index (χ1n) is 10.7. The average Bonchev–Trinajstić information content (AvgIpc) is 2.69. The van der Waals surface area contributed by atoms with Gasteiger partial charge >= 0.3 is 0 Å². The molecule has 4 heteroatoms. The Morgan fingerprint density at radius 2 is 1.79 bits per heavy atom. The topological polar surface area (TPSA) is 58.2 Å². The van der Waals surface area contributed by atoms with Crippen LogP contribution < -0.4 is 10.6 Å². The third kappa shape index (κ3) is 3.52. The molecule has 4 nitrogen and oxygen atoms in total. The van der Waals surface area contributed by atoms with Crippen LogP contribution in [0.1, 0.15) is 63.9 Å². The molecule has 1 heterocycles. The second-order valence-corrected chi connectivity index (χ2v) is 8.48. The number of carbonyl (C=O) groups is 2. The van der Waals surface area contributed by atoms with Crippen LogP contribution in [0.2, 0.25) is 0 Å². The van der Waals surface area contributed by atoms with Crippen LogP contribution in [-0.4, -0.2) is 11.7 Å². The van der Waals surface area contributed by atoms with Crippen LogP contribution in [0.15, 0.2) is 46.8 Å². The Labute approximate surface area is 167 Å². The minimum atomic E-state index is -0.0696. The van der Waals surface area contributed by atoms with Gasteiger partial charge in [-0.3, -0.25) is 9.59 Å². The maximum Gasteiger partial charge on any atom is 0.253 e. The Balaban J connectivity index is 1.71. The molecule has 1 saturated carbocycles. The van der Waals surface area contributed by atoms with E-state index >= 15 is 0 Å². The van der Waals surface area contributed by atoms with Crippen molar-refractivity contribution in [3.8, 4) is 0 Å². The van der Waals surface area contributed by atoms with Crippen LogP contribution in [0.5, 0.6) is 0 Å². The van der Waals surface area contributed by atoms with E-state index in [1.165, 1.54) is 19.3 Å². The second-order valence-electron chi connectivity index (χ2n) is 8.48. The standard InChI is InChI=1S/C24H30N2O2/c1-15-9-6-7-12-18(15)26-24(28)21-16(2)25-19-13-8-14-20(27)23(19)22(21)17-10-4-3-5-11-17/h6-7,9,12,17,22,25H,3-5,8,10-11,13-14H2,1-2H3,(H,26,28). The predicted molar refractivity (Wildman–Crippen MR) is 112 cm³/mol. The first-order valence-corrected chi connectivity index (χ1v) is 10.7. The lowest BCUT2D eigenvalue weighted by molar-refractivity contribution is -0.117. The second kappa shape index (κ2) is 7.94. The van der Waals surface area contributed by atoms with Crippen molar-refractivity contribution in [2.24, 2.45) is 11.8 Å². The van der Waals surface area contributed by atoms with Crippen LogP contribution in [0.25, 0.3) is 0 Å². The van der Waals surface area contributed by atoms with Crippen molar-refractivity contribution in [2.45, 2.75) is 65.2 Å². The molecule has 1 aromatic carbocycles. The van der Waals surface area contributed by atoms with Crippen LogP contribution in [-0.2, 0) is 9.59 Å². The molecule has 1 aliphatic heterocycles. The van der Waals surface area contributed by atoms with Gasteiger partial charge in [0, 0.05) is 40.6 Å². The Morgan fingerprint density at radius 3 is 2.54 bits per heavy atom. The van der Waals surface area contributed by atoms with Gasteiger partial charge in [-0.2, -0.15) is 0 Å². The van der Waals surface area contributed by atoms with E-state index in [4.69, 9.17) is 0 Å². The Morgan fingerprint density at radius 1 is 1.04 bits per heavy atom. The molecule has 0 radical (unpaired) electrons. The fraction of sp³-hybridized carbons (Fsp3) is 0.500. The van der Waals surface area contributed by atoms with E-state index in [1.54, 1.807) is 0 Å². The molecule has 0 spiro atoms. The highest BCUT2D eigenvalue weighted by atomic mass is 16.2. The lowest BCUT2D eigenvalue weighted by Crippen LogP contribution is -2.40. The molecular weight excluding hydrogens is 348 g/mol. The summed E-state index contributed by atoms with van der Waals surface area (Å²) in [5, 5.41) is 6.55. The number of para-hydroxylation sites is 1. The smallest absolute Gasteiger partial charge is 0.253 e. The molecule has 148 valence electrons. The van der Waals surface area contributed by atoms with E-state index in [-0.39, 0.29) is 17.6 Å². The average molecular weight is 379 g/mol. The SMILES string of the molecule is CC1=C(C(=O)Nc2ccccc2C)C(C2CCCCC2)C2=C(CCCC2=O)N1. The fourth-order valence-corrected chi connectivity index (χ4v) is 5.18. The largest absolute Gasteiger partial charge is 0.362 e. The molecule has 1 amide bonds. The summed E-state index contributed by atoms with van der Waals surface area (Å²) in [7, 11) is 0. The first-order chi connectivity index (χ1) is 13.6. The number of aryl methyl sites for hydroxylation is 1. The van der Waals surface area contributed by atoms with Crippen molar-refractivity contribution in [1.82, 2.24) is 5.32 Å². The molecule has 4 rings (SSSR count). The molecule has 28 heavy (non-hydrogen) atoms. The lowest BCUT2D eigenvalue weighted by atomic mass is 9.68. The van der Waals surface area contributed by atoms with Crippen molar-refractivity contribution in [1.29, 1.82) is 0 Å². The summed E-state index contributed by atoms with van der Waals surface area (Å²) >= 11 is 0. The van der Waals surface area contributed by atoms with Crippen LogP contribution >= 0.6 is 0 Å². The van der Waals surface area contributed by atoms with Crippen molar-refractivity contribution < 1.29 is 9.59 Å². The van der Waals surface area contributed by atoms with Gasteiger partial charge in [0.25, 0.3) is 5.91 Å². The molecule has 1 fully saturated rings. The molecule has 0 saturated heterocycles. The van der Waals surface area contributed by atoms with Gasteiger partial charge in [-0.15, -0.1) is 0 Å². The van der Waals surface area contributed by atoms with Gasteiger partial charge in [0.2, 0.25) is 0 Å². The van der Waals surface area contributed by atoms with Crippen LogP contribution in [0.4, 0.5) is 5.69 Å². The van der Waals surface area contributed by atoms with Crippen LogP contribution in [0.3, 0.4) is 0 Å². The molecule has 0 bridgehead atoms. The zero-order chi connectivity index (χ0) is 19.7. The summed E-state index contributed by atoms with van der Waals surface area (Å²) < 4.78 is 0. The van der Waals surface area contributed by atoms with Crippen molar-refractivity contribution in [3.05, 3.63) is 52.4 Å². The number of dihydropyridines is 1. The molecule has 2 aliphatic carbocycles. The van der Waals surface area contributed by atoms with E-state index in [0.717, 1.165) is 59.5 Å². The van der Waals surface area contributed by atoms with Gasteiger partial charge in [-0.05, 0) is 57.1 Å². The number of Topliss-reactive ketones (excluding diaryl/α,β-unsaturated/α-hetero) is 1. The lowest BCUT2D eigenvalue weighted by Gasteiger charge is -2.39. The van der Waals surface area contributed by atoms with E-state index in [2.05, 4.69) is 10.6 Å². The van der Waals surface area contributed by atoms with E-state index < -0.39 is 0 Å². The third-order valence-electron chi connectivity index (χ3n) is 6.58. The van der Waals surface area contributed by atoms with Crippen LogP contribution in [0, 0.1) is 18.8 Å². The highest BCUT2D eigenvalue weighted by Crippen LogP contribution is 2.44. The maximum absolute atomic E-state index is 13.4. The summed E-state index contributed by atoms with van der Waals surface area (Å²) in [4.78, 5) is 26.3. The first kappa shape index (κ1) is 19.0. The number of ketones is 1. The number of benzene rings is 1. The minimum Gasteiger partial charge on any atom is -0.362 e. The monoisotopic (exact) mass is 378 g/mol. The summed E-state index contributed by atoms with van der Waals surface area (Å²) in [5.41, 5.74) is 5.53. The zero-order valence-electron chi connectivity index (χ0n) is 16.9. The van der Waals surface area contributed by atoms with Gasteiger partial charge in [0.05, 0.1) is 0 Å². The predicted octanol–water partition coefficient (Wildman–Crippen LogP) is 5.01. The molecule has 0 aromatic heterocycles. The molecule has 1 unspecified atom stereocenters. The summed E-state index contributed by atoms with van der Waals surface area (Å²) in [6, 6.07) is 7.85. The summed E-state index contributed by atoms with van der Waals surface area (Å²) in [6.07, 6.45) is 8.26. The van der Waals surface area contributed by atoms with Gasteiger partial charge in [-0.1, -0.05) is 37.5 Å². The highest BCUT2D eigenvalue weighted by Gasteiger charge is 2.41. The highest BCUT2D eigenvalue weighted by molar-refractivity contribution is 6.08. The minimum absolute atomic E-state index is 0.0617. The van der Waals surface area contributed by atoms with Gasteiger partial charge in [0.15, 0.2) is 5.78 Å². The summed E-state index contributed by atoms with van der Waals surface area (Å²) in [6.45, 7) is 3.99.